The molecule has 1 aliphatic rings. The summed E-state index contributed by atoms with van der Waals surface area (Å²) in [6.45, 7) is -1.34. The number of aliphatic hydroxyl groups is 1. The molecule has 0 amide bonds. The number of nitrogens with zero attached hydrogens (tertiary/aromatic N) is 4. The molecule has 2 aromatic heterocycles. The number of anilines is 1. The van der Waals surface area contributed by atoms with Gasteiger partial charge < -0.3 is 14.7 Å². The molecule has 1 aliphatic heterocycles. The molecule has 3 aromatic rings. The van der Waals surface area contributed by atoms with Crippen molar-refractivity contribution in [3.63, 3.8) is 0 Å². The Balaban J connectivity index is 1.56. The lowest BCUT2D eigenvalue weighted by Crippen LogP contribution is -2.38. The van der Waals surface area contributed by atoms with E-state index in [-0.39, 0.29) is 37.2 Å². The third-order valence-electron chi connectivity index (χ3n) is 5.07. The summed E-state index contributed by atoms with van der Waals surface area (Å²) >= 11 is 0.541. The molecule has 1 aromatic carbocycles. The number of alkyl halides is 5. The zero-order chi connectivity index (χ0) is 23.9. The Hall–Kier alpha value is -3.06. The van der Waals surface area contributed by atoms with Crippen LogP contribution in [0.5, 0.6) is 5.75 Å². The first-order valence-corrected chi connectivity index (χ1v) is 10.4. The van der Waals surface area contributed by atoms with Gasteiger partial charge in [-0.3, -0.25) is 4.57 Å². The van der Waals surface area contributed by atoms with Gasteiger partial charge >= 0.3 is 18.5 Å². The highest BCUT2D eigenvalue weighted by Crippen LogP contribution is 2.35. The Morgan fingerprint density at radius 3 is 2.64 bits per heavy atom. The summed E-state index contributed by atoms with van der Waals surface area (Å²) in [5, 5.41) is 10.5. The number of hydrogen-bond donors (Lipinski definition) is 1. The lowest BCUT2D eigenvalue weighted by molar-refractivity contribution is -0.134. The summed E-state index contributed by atoms with van der Waals surface area (Å²) < 4.78 is 68.9. The average molecular weight is 488 g/mol. The zero-order valence-electron chi connectivity index (χ0n) is 17.0. The van der Waals surface area contributed by atoms with E-state index < -0.39 is 29.5 Å². The molecule has 33 heavy (non-hydrogen) atoms. The maximum absolute atomic E-state index is 12.8. The molecule has 0 saturated carbocycles. The number of ether oxygens (including phenoxy) is 1. The molecule has 4 rings (SSSR count). The number of rotatable bonds is 5. The van der Waals surface area contributed by atoms with E-state index in [1.54, 1.807) is 4.90 Å². The minimum Gasteiger partial charge on any atom is -0.435 e. The lowest BCUT2D eigenvalue weighted by atomic mass is 9.97. The second kappa shape index (κ2) is 8.71. The minimum absolute atomic E-state index is 0.00783. The molecule has 1 N–H and O–H groups in total. The van der Waals surface area contributed by atoms with Crippen molar-refractivity contribution < 1.29 is 31.8 Å². The van der Waals surface area contributed by atoms with E-state index in [4.69, 9.17) is 0 Å². The van der Waals surface area contributed by atoms with Crippen LogP contribution in [0.25, 0.3) is 0 Å². The van der Waals surface area contributed by atoms with Crippen LogP contribution in [0, 0.1) is 6.92 Å². The number of aromatic nitrogens is 3. The molecular formula is C20H17F5N4O3S. The Morgan fingerprint density at radius 2 is 2.00 bits per heavy atom. The standard InChI is InChI=1S/C20H17F5N4O3S/c1-10-26-18(27-19(31)29(10)8-13-4-5-16(33-13)20(23,24)25)28-7-11-2-3-12(32-17(21)22)6-14(11)15(30)9-28/h2-6,15,17,30H,7-9H2,1H3. The second-order valence-electron chi connectivity index (χ2n) is 7.34. The van der Waals surface area contributed by atoms with Crippen LogP contribution in [0.1, 0.15) is 32.8 Å². The summed E-state index contributed by atoms with van der Waals surface area (Å²) in [5.41, 5.74) is 0.354. The molecule has 3 heterocycles. The Bertz CT molecular complexity index is 1230. The van der Waals surface area contributed by atoms with Crippen LogP contribution in [0.4, 0.5) is 27.9 Å². The first-order chi connectivity index (χ1) is 15.5. The third-order valence-corrected chi connectivity index (χ3v) is 6.19. The predicted molar refractivity (Wildman–Crippen MR) is 109 cm³/mol. The van der Waals surface area contributed by atoms with E-state index in [2.05, 4.69) is 14.7 Å². The van der Waals surface area contributed by atoms with E-state index in [9.17, 15) is 31.9 Å². The minimum atomic E-state index is -4.46. The summed E-state index contributed by atoms with van der Waals surface area (Å²) in [5.74, 6) is 0.217. The molecular weight excluding hydrogens is 471 g/mol. The van der Waals surface area contributed by atoms with Crippen LogP contribution < -0.4 is 15.3 Å². The number of aliphatic hydroxyl groups excluding tert-OH is 1. The van der Waals surface area contributed by atoms with E-state index in [0.29, 0.717) is 27.3 Å². The summed E-state index contributed by atoms with van der Waals surface area (Å²) in [6.07, 6.45) is -5.52. The first-order valence-electron chi connectivity index (χ1n) is 9.63. The van der Waals surface area contributed by atoms with Gasteiger partial charge in [0.25, 0.3) is 0 Å². The predicted octanol–water partition coefficient (Wildman–Crippen LogP) is 3.73. The number of thiophene rings is 1. The molecule has 0 saturated heterocycles. The van der Waals surface area contributed by atoms with Gasteiger partial charge in [0, 0.05) is 11.4 Å². The molecule has 0 radical (unpaired) electrons. The van der Waals surface area contributed by atoms with Crippen LogP contribution in [-0.2, 0) is 19.3 Å². The maximum atomic E-state index is 12.8. The average Bonchev–Trinajstić information content (AvgIpc) is 3.20. The van der Waals surface area contributed by atoms with Crippen molar-refractivity contribution in [2.45, 2.75) is 38.9 Å². The van der Waals surface area contributed by atoms with E-state index in [1.165, 1.54) is 31.2 Å². The lowest BCUT2D eigenvalue weighted by Gasteiger charge is -2.32. The Morgan fingerprint density at radius 1 is 1.24 bits per heavy atom. The molecule has 176 valence electrons. The highest BCUT2D eigenvalue weighted by atomic mass is 32.1. The van der Waals surface area contributed by atoms with Gasteiger partial charge in [0.1, 0.15) is 16.5 Å². The summed E-state index contributed by atoms with van der Waals surface area (Å²) in [4.78, 5) is 22.0. The van der Waals surface area contributed by atoms with Crippen LogP contribution in [0.15, 0.2) is 35.1 Å². The molecule has 7 nitrogen and oxygen atoms in total. The first kappa shape index (κ1) is 23.1. The van der Waals surface area contributed by atoms with Crippen LogP contribution in [-0.4, -0.2) is 32.8 Å². The van der Waals surface area contributed by atoms with E-state index in [0.717, 1.165) is 10.6 Å². The molecule has 1 unspecified atom stereocenters. The third kappa shape index (κ3) is 4.98. The molecule has 1 atom stereocenters. The molecule has 0 aliphatic carbocycles. The summed E-state index contributed by atoms with van der Waals surface area (Å²) in [6, 6.07) is 6.48. The number of halogens is 5. The van der Waals surface area contributed by atoms with Gasteiger partial charge in [0.2, 0.25) is 5.95 Å². The molecule has 0 bridgehead atoms. The number of aryl methyl sites for hydroxylation is 1. The fraction of sp³-hybridized carbons (Fsp3) is 0.350. The van der Waals surface area contributed by atoms with Gasteiger partial charge in [0.15, 0.2) is 0 Å². The molecule has 13 heteroatoms. The summed E-state index contributed by atoms with van der Waals surface area (Å²) in [7, 11) is 0. The SMILES string of the molecule is Cc1nc(N2Cc3ccc(OC(F)F)cc3C(O)C2)nc(=O)n1Cc1ccc(C(F)(F)F)s1. The van der Waals surface area contributed by atoms with E-state index in [1.807, 2.05) is 0 Å². The van der Waals surface area contributed by atoms with Crippen LogP contribution in [0.2, 0.25) is 0 Å². The quantitative estimate of drug-likeness (QED) is 0.552. The van der Waals surface area contributed by atoms with Gasteiger partial charge in [-0.05, 0) is 42.3 Å². The fourth-order valence-corrected chi connectivity index (χ4v) is 4.41. The van der Waals surface area contributed by atoms with Crippen molar-refractivity contribution in [3.05, 3.63) is 67.5 Å². The van der Waals surface area contributed by atoms with Gasteiger partial charge in [-0.25, -0.2) is 4.79 Å². The van der Waals surface area contributed by atoms with Gasteiger partial charge in [-0.2, -0.15) is 31.9 Å². The van der Waals surface area contributed by atoms with Crippen molar-refractivity contribution in [3.8, 4) is 5.75 Å². The highest BCUT2D eigenvalue weighted by molar-refractivity contribution is 7.12. The normalized spacial score (nSPS) is 16.2. The smallest absolute Gasteiger partial charge is 0.425 e. The van der Waals surface area contributed by atoms with Crippen LogP contribution >= 0.6 is 11.3 Å². The van der Waals surface area contributed by atoms with Gasteiger partial charge in [-0.15, -0.1) is 11.3 Å². The number of benzene rings is 1. The number of fused-ring (bicyclic) bond motifs is 1. The van der Waals surface area contributed by atoms with Crippen molar-refractivity contribution in [1.82, 2.24) is 14.5 Å². The second-order valence-corrected chi connectivity index (χ2v) is 8.51. The maximum Gasteiger partial charge on any atom is 0.425 e. The zero-order valence-corrected chi connectivity index (χ0v) is 17.8. The van der Waals surface area contributed by atoms with Crippen molar-refractivity contribution >= 4 is 17.3 Å². The van der Waals surface area contributed by atoms with Crippen LogP contribution in [0.3, 0.4) is 0 Å². The van der Waals surface area contributed by atoms with Crippen molar-refractivity contribution in [2.24, 2.45) is 0 Å². The van der Waals surface area contributed by atoms with Gasteiger partial charge in [-0.1, -0.05) is 6.07 Å². The Labute approximate surface area is 187 Å². The molecule has 0 fully saturated rings. The number of hydrogen-bond acceptors (Lipinski definition) is 7. The van der Waals surface area contributed by atoms with Crippen molar-refractivity contribution in [1.29, 1.82) is 0 Å². The van der Waals surface area contributed by atoms with Gasteiger partial charge in [0.05, 0.1) is 19.2 Å². The van der Waals surface area contributed by atoms with Crippen molar-refractivity contribution in [2.75, 3.05) is 11.4 Å². The topological polar surface area (TPSA) is 80.5 Å². The largest absolute Gasteiger partial charge is 0.435 e. The highest BCUT2D eigenvalue weighted by Gasteiger charge is 2.32. The monoisotopic (exact) mass is 488 g/mol. The fourth-order valence-electron chi connectivity index (χ4n) is 3.54. The Kier molecular flexibility index (Phi) is 6.10. The molecule has 0 spiro atoms. The van der Waals surface area contributed by atoms with E-state index >= 15 is 0 Å². The number of β-amino-alcohol motifs (C(OH)–C–C–N with tert-alkyl or cyclic N) is 1.